The van der Waals surface area contributed by atoms with Gasteiger partial charge in [-0.3, -0.25) is 8.97 Å². The van der Waals surface area contributed by atoms with Crippen LogP contribution in [0.2, 0.25) is 0 Å². The molecule has 0 amide bonds. The van der Waals surface area contributed by atoms with E-state index in [1.165, 1.54) is 71.1 Å². The Morgan fingerprint density at radius 2 is 0.974 bits per heavy atom. The van der Waals surface area contributed by atoms with Gasteiger partial charge < -0.3 is 9.51 Å². The molecule has 0 aliphatic rings. The number of hydrogen-bond acceptors (Lipinski definition) is 3. The molecule has 6 nitrogen and oxygen atoms in total. The van der Waals surface area contributed by atoms with Crippen LogP contribution in [0.3, 0.4) is 0 Å². The Hall–Kier alpha value is -8.48. The number of rotatable bonds is 6. The Balaban J connectivity index is 1.09. The van der Waals surface area contributed by atoms with Crippen LogP contribution < -0.4 is 0 Å². The van der Waals surface area contributed by atoms with Gasteiger partial charge in [-0.25, -0.2) is 9.97 Å². The highest BCUT2D eigenvalue weighted by Gasteiger charge is 2.31. The number of imidazole rings is 2. The zero-order valence-electron chi connectivity index (χ0n) is 45.0. The normalized spacial score (nSPS) is 12.9. The van der Waals surface area contributed by atoms with Gasteiger partial charge in [0.05, 0.1) is 55.4 Å². The fraction of sp³-hybridized carbons (Fsp3) is 0.200. The van der Waals surface area contributed by atoms with E-state index < -0.39 is 0 Å². The second-order valence-corrected chi connectivity index (χ2v) is 24.0. The largest absolute Gasteiger partial charge is 0.507 e. The third-order valence-electron chi connectivity index (χ3n) is 16.5. The van der Waals surface area contributed by atoms with Crippen molar-refractivity contribution in [1.29, 1.82) is 0 Å². The number of hydrogen-bond donors (Lipinski definition) is 1. The number of aromatic nitrogens is 5. The molecule has 1 N–H and O–H groups in total. The van der Waals surface area contributed by atoms with Crippen LogP contribution in [-0.2, 0) is 10.8 Å². The summed E-state index contributed by atoms with van der Waals surface area (Å²) in [5.41, 5.74) is 19.7. The van der Waals surface area contributed by atoms with E-state index in [-0.39, 0.29) is 28.4 Å². The lowest BCUT2D eigenvalue weighted by Gasteiger charge is -2.28. The highest BCUT2D eigenvalue weighted by molar-refractivity contribution is 6.27. The molecule has 0 saturated carbocycles. The molecule has 0 aliphatic carbocycles. The lowest BCUT2D eigenvalue weighted by atomic mass is 9.78. The van der Waals surface area contributed by atoms with Crippen LogP contribution in [0.1, 0.15) is 103 Å². The molecule has 5 heterocycles. The SMILES string of the molecule is CC(C)c1cc(-c2ccccc2)cc(C(C)C)c1-n1c(-c2cc(C(C)(C)C)cc(C(C)(C)C)c2O)nc2c(-c3cccc4c3nc3c5cc6c7cccc8c9ccccc9n(c6cc5c5ccccc5n43)c87)cccc21. The van der Waals surface area contributed by atoms with Gasteiger partial charge in [-0.15, -0.1) is 0 Å². The average Bonchev–Trinajstić information content (AvgIpc) is 4.25. The Morgan fingerprint density at radius 1 is 0.421 bits per heavy atom. The van der Waals surface area contributed by atoms with Crippen LogP contribution >= 0.6 is 0 Å². The van der Waals surface area contributed by atoms with Crippen LogP contribution in [0.5, 0.6) is 5.75 Å². The molecule has 0 unspecified atom stereocenters. The average molecular weight is 988 g/mol. The van der Waals surface area contributed by atoms with E-state index in [0.717, 1.165) is 72.1 Å². The number of benzene rings is 9. The molecule has 76 heavy (non-hydrogen) atoms. The minimum Gasteiger partial charge on any atom is -0.507 e. The van der Waals surface area contributed by atoms with E-state index in [9.17, 15) is 5.11 Å². The summed E-state index contributed by atoms with van der Waals surface area (Å²) in [6.45, 7) is 22.5. The van der Waals surface area contributed by atoms with Crippen LogP contribution in [0.15, 0.2) is 170 Å². The first-order valence-corrected chi connectivity index (χ1v) is 27.0. The van der Waals surface area contributed by atoms with E-state index >= 15 is 0 Å². The highest BCUT2D eigenvalue weighted by Crippen LogP contribution is 2.48. The van der Waals surface area contributed by atoms with Crippen LogP contribution in [0.4, 0.5) is 0 Å². The van der Waals surface area contributed by atoms with Crippen molar-refractivity contribution in [2.24, 2.45) is 0 Å². The number of pyridine rings is 1. The number of aromatic hydroxyl groups is 1. The van der Waals surface area contributed by atoms with Crippen molar-refractivity contribution < 1.29 is 5.11 Å². The van der Waals surface area contributed by atoms with Crippen molar-refractivity contribution in [2.45, 2.75) is 91.9 Å². The van der Waals surface area contributed by atoms with Gasteiger partial charge in [0.2, 0.25) is 0 Å². The second kappa shape index (κ2) is 16.3. The smallest absolute Gasteiger partial charge is 0.149 e. The van der Waals surface area contributed by atoms with E-state index in [1.807, 2.05) is 0 Å². The fourth-order valence-electron chi connectivity index (χ4n) is 12.7. The molecule has 0 atom stereocenters. The third kappa shape index (κ3) is 6.58. The lowest BCUT2D eigenvalue weighted by Crippen LogP contribution is -2.17. The van der Waals surface area contributed by atoms with Gasteiger partial charge in [0.25, 0.3) is 0 Å². The minimum atomic E-state index is -0.342. The zero-order valence-corrected chi connectivity index (χ0v) is 45.0. The Morgan fingerprint density at radius 3 is 1.62 bits per heavy atom. The molecule has 6 heteroatoms. The van der Waals surface area contributed by atoms with Crippen molar-refractivity contribution in [3.63, 3.8) is 0 Å². The Kier molecular flexibility index (Phi) is 9.86. The van der Waals surface area contributed by atoms with Gasteiger partial charge in [-0.2, -0.15) is 0 Å². The number of phenolic OH excluding ortho intramolecular Hbond substituents is 1. The lowest BCUT2D eigenvalue weighted by molar-refractivity contribution is 0.446. The summed E-state index contributed by atoms with van der Waals surface area (Å²) in [7, 11) is 0. The monoisotopic (exact) mass is 987 g/mol. The predicted octanol–water partition coefficient (Wildman–Crippen LogP) is 18.8. The molecule has 0 fully saturated rings. The van der Waals surface area contributed by atoms with Crippen LogP contribution in [-0.4, -0.2) is 28.4 Å². The van der Waals surface area contributed by atoms with E-state index in [2.05, 4.69) is 252 Å². The summed E-state index contributed by atoms with van der Waals surface area (Å²) in [5, 5.41) is 21.3. The molecular formula is C70H61N5O. The van der Waals surface area contributed by atoms with Gasteiger partial charge in [-0.05, 0) is 110 Å². The van der Waals surface area contributed by atoms with Crippen molar-refractivity contribution in [2.75, 3.05) is 0 Å². The molecular weight excluding hydrogens is 927 g/mol. The van der Waals surface area contributed by atoms with Crippen molar-refractivity contribution in [3.05, 3.63) is 192 Å². The van der Waals surface area contributed by atoms with Crippen molar-refractivity contribution in [3.8, 4) is 45.1 Å². The maximum Gasteiger partial charge on any atom is 0.149 e. The van der Waals surface area contributed by atoms with Gasteiger partial charge in [-0.1, -0.05) is 184 Å². The molecule has 0 saturated heterocycles. The minimum absolute atomic E-state index is 0.166. The van der Waals surface area contributed by atoms with Gasteiger partial charge in [0.1, 0.15) is 17.2 Å². The fourth-order valence-corrected chi connectivity index (χ4v) is 12.7. The van der Waals surface area contributed by atoms with E-state index in [0.29, 0.717) is 5.82 Å². The third-order valence-corrected chi connectivity index (χ3v) is 16.5. The van der Waals surface area contributed by atoms with Crippen molar-refractivity contribution in [1.82, 2.24) is 23.3 Å². The van der Waals surface area contributed by atoms with E-state index in [4.69, 9.17) is 9.97 Å². The molecule has 5 aromatic heterocycles. The van der Waals surface area contributed by atoms with Crippen molar-refractivity contribution >= 4 is 87.5 Å². The first-order chi connectivity index (χ1) is 36.6. The molecule has 0 radical (unpaired) electrons. The molecule has 0 spiro atoms. The van der Waals surface area contributed by atoms with Gasteiger partial charge >= 0.3 is 0 Å². The maximum atomic E-state index is 12.8. The summed E-state index contributed by atoms with van der Waals surface area (Å²) in [5.74, 6) is 1.31. The number of para-hydroxylation sites is 5. The first kappa shape index (κ1) is 46.1. The zero-order chi connectivity index (χ0) is 52.3. The van der Waals surface area contributed by atoms with Crippen LogP contribution in [0.25, 0.3) is 127 Å². The summed E-state index contributed by atoms with van der Waals surface area (Å²) < 4.78 is 7.23. The molecule has 0 aliphatic heterocycles. The van der Waals surface area contributed by atoms with Gasteiger partial charge in [0, 0.05) is 49.0 Å². The number of phenols is 1. The number of fused-ring (bicyclic) bond motifs is 15. The summed E-state index contributed by atoms with van der Waals surface area (Å²) in [4.78, 5) is 11.6. The summed E-state index contributed by atoms with van der Waals surface area (Å²) in [6.07, 6.45) is 0. The topological polar surface area (TPSA) is 59.8 Å². The highest BCUT2D eigenvalue weighted by atomic mass is 16.3. The molecule has 14 aromatic rings. The standard InChI is InChI=1S/C70H61N5O/c1-39(2)50-33-42(41-21-12-11-13-22-41)34-51(40(3)4)65(50)75-60-32-20-26-47(63(60)72-68(75)55-35-43(69(5,6)7)36-56(66(55)76)70(8,9)10)46-25-19-31-59-62(46)71-67-54-37-53-49-28-18-27-48-44-23-14-16-29-57(44)73(64(48)49)61(53)38-52(54)45-24-15-17-30-58(45)74(59)67/h11-40,76H,1-10H3. The summed E-state index contributed by atoms with van der Waals surface area (Å²) in [6, 6.07) is 62.2. The molecule has 0 bridgehead atoms. The predicted molar refractivity (Wildman–Crippen MR) is 321 cm³/mol. The molecule has 14 rings (SSSR count). The molecule has 372 valence electrons. The Labute approximate surface area is 442 Å². The Bertz CT molecular complexity index is 4690. The van der Waals surface area contributed by atoms with Gasteiger partial charge in [0.15, 0.2) is 0 Å². The second-order valence-electron chi connectivity index (χ2n) is 24.0. The summed E-state index contributed by atoms with van der Waals surface area (Å²) >= 11 is 0. The quantitative estimate of drug-likeness (QED) is 0.169. The first-order valence-electron chi connectivity index (χ1n) is 27.0. The number of nitrogens with zero attached hydrogens (tertiary/aromatic N) is 5. The molecule has 9 aromatic carbocycles. The maximum absolute atomic E-state index is 12.8. The van der Waals surface area contributed by atoms with E-state index in [1.54, 1.807) is 0 Å². The van der Waals surface area contributed by atoms with Crippen LogP contribution in [0, 0.1) is 0 Å².